The number of ether oxygens (including phenoxy) is 1. The van der Waals surface area contributed by atoms with Crippen molar-refractivity contribution in [2.45, 2.75) is 19.4 Å². The Bertz CT molecular complexity index is 1310. The van der Waals surface area contributed by atoms with Gasteiger partial charge in [-0.05, 0) is 48.9 Å². The molecule has 0 radical (unpaired) electrons. The number of rotatable bonds is 4. The molecule has 2 aromatic heterocycles. The van der Waals surface area contributed by atoms with Crippen LogP contribution in [0.3, 0.4) is 0 Å². The van der Waals surface area contributed by atoms with E-state index in [0.29, 0.717) is 36.8 Å². The fourth-order valence-corrected chi connectivity index (χ4v) is 4.26. The van der Waals surface area contributed by atoms with Gasteiger partial charge in [0.2, 0.25) is 0 Å². The van der Waals surface area contributed by atoms with Gasteiger partial charge in [-0.1, -0.05) is 24.3 Å². The first kappa shape index (κ1) is 21.3. The van der Waals surface area contributed by atoms with E-state index in [-0.39, 0.29) is 17.9 Å². The minimum Gasteiger partial charge on any atom is -0.368 e. The van der Waals surface area contributed by atoms with Crippen molar-refractivity contribution in [2.24, 2.45) is 0 Å². The molecule has 4 aromatic rings. The van der Waals surface area contributed by atoms with E-state index in [1.165, 1.54) is 18.2 Å². The highest BCUT2D eigenvalue weighted by Gasteiger charge is 2.28. The van der Waals surface area contributed by atoms with E-state index in [9.17, 15) is 13.6 Å². The van der Waals surface area contributed by atoms with Crippen molar-refractivity contribution >= 4 is 16.8 Å². The van der Waals surface area contributed by atoms with Gasteiger partial charge >= 0.3 is 0 Å². The number of hydrogen-bond acceptors (Lipinski definition) is 3. The third kappa shape index (κ3) is 4.24. The molecule has 168 valence electrons. The maximum atomic E-state index is 14.1. The molecule has 0 saturated carbocycles. The summed E-state index contributed by atoms with van der Waals surface area (Å²) in [5.41, 5.74) is 3.73. The lowest BCUT2D eigenvalue weighted by molar-refractivity contribution is -0.0249. The van der Waals surface area contributed by atoms with Gasteiger partial charge in [0.25, 0.3) is 5.91 Å². The molecule has 1 unspecified atom stereocenters. The molecule has 1 fully saturated rings. The van der Waals surface area contributed by atoms with Gasteiger partial charge in [-0.2, -0.15) is 0 Å². The summed E-state index contributed by atoms with van der Waals surface area (Å²) in [5, 5.41) is 1.03. The topological polar surface area (TPSA) is 58.2 Å². The third-order valence-electron chi connectivity index (χ3n) is 6.04. The van der Waals surface area contributed by atoms with Crippen LogP contribution in [0, 0.1) is 18.6 Å². The van der Waals surface area contributed by atoms with Crippen LogP contribution in [0.5, 0.6) is 0 Å². The lowest BCUT2D eigenvalue weighted by Gasteiger charge is -2.32. The first-order valence-corrected chi connectivity index (χ1v) is 10.9. The molecule has 5 rings (SSSR count). The number of amides is 1. The summed E-state index contributed by atoms with van der Waals surface area (Å²) in [7, 11) is 0. The fraction of sp³-hybridized carbons (Fsp3) is 0.231. The fourth-order valence-electron chi connectivity index (χ4n) is 4.26. The van der Waals surface area contributed by atoms with E-state index >= 15 is 0 Å². The molecule has 1 amide bonds. The van der Waals surface area contributed by atoms with E-state index in [2.05, 4.69) is 9.97 Å². The van der Waals surface area contributed by atoms with Gasteiger partial charge in [0.1, 0.15) is 23.4 Å². The van der Waals surface area contributed by atoms with Crippen molar-refractivity contribution in [2.75, 3.05) is 19.7 Å². The molecule has 7 heteroatoms. The van der Waals surface area contributed by atoms with E-state index in [1.807, 2.05) is 37.3 Å². The molecule has 0 spiro atoms. The van der Waals surface area contributed by atoms with Gasteiger partial charge in [-0.15, -0.1) is 0 Å². The Hall–Kier alpha value is -3.58. The molecule has 33 heavy (non-hydrogen) atoms. The summed E-state index contributed by atoms with van der Waals surface area (Å²) >= 11 is 0. The number of aromatic nitrogens is 2. The van der Waals surface area contributed by atoms with Crippen molar-refractivity contribution in [3.63, 3.8) is 0 Å². The maximum Gasteiger partial charge on any atom is 0.270 e. The molecule has 1 N–H and O–H groups in total. The summed E-state index contributed by atoms with van der Waals surface area (Å²) in [4.78, 5) is 22.7. The predicted molar refractivity (Wildman–Crippen MR) is 121 cm³/mol. The van der Waals surface area contributed by atoms with Gasteiger partial charge < -0.3 is 14.6 Å². The Balaban J connectivity index is 1.35. The lowest BCUT2D eigenvalue weighted by Crippen LogP contribution is -2.42. The number of halogens is 2. The molecular weight excluding hydrogens is 424 g/mol. The van der Waals surface area contributed by atoms with Crippen LogP contribution in [0.4, 0.5) is 8.78 Å². The molecule has 0 aliphatic carbocycles. The second-order valence-corrected chi connectivity index (χ2v) is 8.26. The Morgan fingerprint density at radius 2 is 1.88 bits per heavy atom. The zero-order valence-corrected chi connectivity index (χ0v) is 18.1. The summed E-state index contributed by atoms with van der Waals surface area (Å²) in [6.07, 6.45) is -0.380. The van der Waals surface area contributed by atoms with Gasteiger partial charge in [0.05, 0.1) is 18.8 Å². The van der Waals surface area contributed by atoms with Crippen LogP contribution in [0.15, 0.2) is 60.7 Å². The molecule has 5 nitrogen and oxygen atoms in total. The number of morpholine rings is 1. The van der Waals surface area contributed by atoms with Gasteiger partial charge in [-0.25, -0.2) is 8.78 Å². The van der Waals surface area contributed by atoms with E-state index < -0.39 is 17.7 Å². The van der Waals surface area contributed by atoms with Crippen LogP contribution < -0.4 is 0 Å². The summed E-state index contributed by atoms with van der Waals surface area (Å²) in [5.74, 6) is -1.29. The van der Waals surface area contributed by atoms with Crippen molar-refractivity contribution in [1.29, 1.82) is 0 Å². The highest BCUT2D eigenvalue weighted by molar-refractivity contribution is 5.98. The van der Waals surface area contributed by atoms with Crippen molar-refractivity contribution in [1.82, 2.24) is 14.9 Å². The Kier molecular flexibility index (Phi) is 5.64. The number of hydrogen-bond donors (Lipinski definition) is 1. The predicted octanol–water partition coefficient (Wildman–Crippen LogP) is 4.95. The van der Waals surface area contributed by atoms with Crippen LogP contribution >= 0.6 is 0 Å². The highest BCUT2D eigenvalue weighted by Crippen LogP contribution is 2.25. The van der Waals surface area contributed by atoms with Crippen LogP contribution in [-0.4, -0.2) is 40.5 Å². The molecule has 1 saturated heterocycles. The van der Waals surface area contributed by atoms with Crippen molar-refractivity contribution in [3.8, 4) is 0 Å². The van der Waals surface area contributed by atoms with Crippen molar-refractivity contribution in [3.05, 3.63) is 101 Å². The van der Waals surface area contributed by atoms with Gasteiger partial charge in [0.15, 0.2) is 0 Å². The van der Waals surface area contributed by atoms with E-state index in [0.717, 1.165) is 16.5 Å². The molecule has 1 atom stereocenters. The minimum absolute atomic E-state index is 0.0161. The van der Waals surface area contributed by atoms with Gasteiger partial charge in [0, 0.05) is 35.1 Å². The molecular formula is C26H23F2N3O2. The number of pyridine rings is 1. The number of carbonyl (C=O) groups is 1. The smallest absolute Gasteiger partial charge is 0.270 e. The summed E-state index contributed by atoms with van der Waals surface area (Å²) in [6, 6.07) is 17.0. The second-order valence-electron chi connectivity index (χ2n) is 8.26. The second kappa shape index (κ2) is 8.75. The monoisotopic (exact) mass is 447 g/mol. The normalized spacial score (nSPS) is 16.3. The molecule has 3 heterocycles. The van der Waals surface area contributed by atoms with E-state index in [4.69, 9.17) is 4.74 Å². The maximum absolute atomic E-state index is 14.1. The number of nitrogens with one attached hydrogen (secondary N) is 1. The minimum atomic E-state index is -0.596. The lowest BCUT2D eigenvalue weighted by atomic mass is 10.1. The quantitative estimate of drug-likeness (QED) is 0.481. The van der Waals surface area contributed by atoms with Gasteiger partial charge in [-0.3, -0.25) is 9.78 Å². The van der Waals surface area contributed by atoms with E-state index in [1.54, 1.807) is 17.0 Å². The highest BCUT2D eigenvalue weighted by atomic mass is 19.1. The van der Waals surface area contributed by atoms with Crippen LogP contribution in [-0.2, 0) is 11.2 Å². The molecule has 1 aliphatic heterocycles. The number of H-pyrrole nitrogens is 1. The first-order valence-electron chi connectivity index (χ1n) is 10.9. The number of benzene rings is 2. The molecule has 2 aromatic carbocycles. The zero-order valence-electron chi connectivity index (χ0n) is 18.1. The third-order valence-corrected chi connectivity index (χ3v) is 6.04. The Morgan fingerprint density at radius 3 is 2.67 bits per heavy atom. The SMILES string of the molecule is Cc1cccc2[nH]c(C(=O)N3CCOC(c4cccc(Cc5c(F)cccc5F)n4)C3)cc12. The van der Waals surface area contributed by atoms with Crippen LogP contribution in [0.25, 0.3) is 10.9 Å². The summed E-state index contributed by atoms with van der Waals surface area (Å²) < 4.78 is 34.0. The van der Waals surface area contributed by atoms with Crippen LogP contribution in [0.1, 0.15) is 39.1 Å². The number of carbonyl (C=O) groups excluding carboxylic acids is 1. The Labute approximate surface area is 190 Å². The largest absolute Gasteiger partial charge is 0.368 e. The zero-order chi connectivity index (χ0) is 22.9. The number of aryl methyl sites for hydroxylation is 1. The number of fused-ring (bicyclic) bond motifs is 1. The number of aromatic amines is 1. The average Bonchev–Trinajstić information content (AvgIpc) is 3.27. The molecule has 0 bridgehead atoms. The van der Waals surface area contributed by atoms with Crippen molar-refractivity contribution < 1.29 is 18.3 Å². The standard InChI is InChI=1S/C26H23F2N3O2/c1-16-5-2-9-22-18(16)14-24(30-22)26(32)31-11-12-33-25(15-31)23-10-3-6-17(29-23)13-19-20(27)7-4-8-21(19)28/h2-10,14,25,30H,11-13,15H2,1H3. The number of nitrogens with zero attached hydrogens (tertiary/aromatic N) is 2. The summed E-state index contributed by atoms with van der Waals surface area (Å²) in [6.45, 7) is 3.21. The Morgan fingerprint density at radius 1 is 1.12 bits per heavy atom. The average molecular weight is 447 g/mol. The van der Waals surface area contributed by atoms with Crippen LogP contribution in [0.2, 0.25) is 0 Å². The first-order chi connectivity index (χ1) is 16.0. The molecule has 1 aliphatic rings.